The van der Waals surface area contributed by atoms with E-state index >= 15 is 0 Å². The van der Waals surface area contributed by atoms with Crippen molar-refractivity contribution < 1.29 is 10.2 Å². The second-order valence-corrected chi connectivity index (χ2v) is 6.84. The highest BCUT2D eigenvalue weighted by Gasteiger charge is 2.15. The first-order valence-corrected chi connectivity index (χ1v) is 8.89. The number of para-hydroxylation sites is 1. The molecular weight excluding hydrogens is 356 g/mol. The zero-order chi connectivity index (χ0) is 19.4. The number of aliphatic hydroxyl groups excluding tert-OH is 2. The molecule has 6 nitrogen and oxygen atoms in total. The van der Waals surface area contributed by atoms with Crippen molar-refractivity contribution in [3.8, 4) is 0 Å². The van der Waals surface area contributed by atoms with Gasteiger partial charge in [-0.25, -0.2) is 0 Å². The monoisotopic (exact) mass is 372 g/mol. The maximum Gasteiger partial charge on any atom is 0.197 e. The number of hydrogen-bond donors (Lipinski definition) is 4. The van der Waals surface area contributed by atoms with Gasteiger partial charge in [-0.05, 0) is 41.5 Å². The molecule has 28 heavy (non-hydrogen) atoms. The molecule has 2 heterocycles. The largest absolute Gasteiger partial charge is 0.392 e. The fourth-order valence-electron chi connectivity index (χ4n) is 3.93. The molecule has 0 spiro atoms. The van der Waals surface area contributed by atoms with Gasteiger partial charge in [-0.1, -0.05) is 18.2 Å². The highest BCUT2D eigenvalue weighted by atomic mass is 16.3. The molecule has 0 bridgehead atoms. The molecule has 2 aromatic heterocycles. The van der Waals surface area contributed by atoms with Crippen molar-refractivity contribution in [3.05, 3.63) is 80.1 Å². The quantitative estimate of drug-likeness (QED) is 0.357. The van der Waals surface area contributed by atoms with E-state index in [0.717, 1.165) is 0 Å². The third kappa shape index (κ3) is 2.22. The van der Waals surface area contributed by atoms with Gasteiger partial charge in [-0.15, -0.1) is 0 Å². The van der Waals surface area contributed by atoms with E-state index in [2.05, 4.69) is 9.97 Å². The maximum atomic E-state index is 13.2. The van der Waals surface area contributed by atoms with Crippen LogP contribution >= 0.6 is 0 Å². The summed E-state index contributed by atoms with van der Waals surface area (Å²) in [7, 11) is 0. The Bertz CT molecular complexity index is 1530. The van der Waals surface area contributed by atoms with E-state index in [9.17, 15) is 19.8 Å². The highest BCUT2D eigenvalue weighted by molar-refractivity contribution is 6.03. The van der Waals surface area contributed by atoms with Crippen molar-refractivity contribution in [3.63, 3.8) is 0 Å². The SMILES string of the molecule is O=c1c2ccccc2[nH]c2cc3c(=O)c4c(CO)c(CO)ccc4[nH]c3cc12. The first-order chi connectivity index (χ1) is 13.6. The molecule has 6 heteroatoms. The van der Waals surface area contributed by atoms with Gasteiger partial charge in [0.25, 0.3) is 0 Å². The number of aliphatic hydroxyl groups is 2. The van der Waals surface area contributed by atoms with Gasteiger partial charge in [0.15, 0.2) is 10.9 Å². The smallest absolute Gasteiger partial charge is 0.197 e. The van der Waals surface area contributed by atoms with Crippen molar-refractivity contribution >= 4 is 43.6 Å². The Balaban J connectivity index is 1.98. The molecule has 0 amide bonds. The molecule has 4 N–H and O–H groups in total. The minimum absolute atomic E-state index is 0.0983. The number of aromatic nitrogens is 2. The molecule has 5 aromatic rings. The van der Waals surface area contributed by atoms with E-state index in [-0.39, 0.29) is 24.1 Å². The van der Waals surface area contributed by atoms with Gasteiger partial charge in [0.1, 0.15) is 0 Å². The van der Waals surface area contributed by atoms with Gasteiger partial charge in [-0.2, -0.15) is 0 Å². The lowest BCUT2D eigenvalue weighted by atomic mass is 9.99. The van der Waals surface area contributed by atoms with Gasteiger partial charge in [0, 0.05) is 21.7 Å². The van der Waals surface area contributed by atoms with Gasteiger partial charge < -0.3 is 20.2 Å². The van der Waals surface area contributed by atoms with Crippen LogP contribution in [0.1, 0.15) is 11.1 Å². The van der Waals surface area contributed by atoms with Crippen LogP contribution in [0.2, 0.25) is 0 Å². The van der Waals surface area contributed by atoms with Crippen LogP contribution < -0.4 is 10.9 Å². The summed E-state index contributed by atoms with van der Waals surface area (Å²) in [6.07, 6.45) is 0. The van der Waals surface area contributed by atoms with Gasteiger partial charge in [0.05, 0.1) is 35.2 Å². The summed E-state index contributed by atoms with van der Waals surface area (Å²) < 4.78 is 0. The molecule has 0 saturated heterocycles. The number of rotatable bonds is 2. The summed E-state index contributed by atoms with van der Waals surface area (Å²) in [5, 5.41) is 21.1. The number of aromatic amines is 2. The second-order valence-electron chi connectivity index (χ2n) is 6.84. The molecule has 0 saturated carbocycles. The van der Waals surface area contributed by atoms with Crippen LogP contribution in [0, 0.1) is 0 Å². The van der Waals surface area contributed by atoms with Crippen LogP contribution in [-0.4, -0.2) is 20.2 Å². The number of H-pyrrole nitrogens is 2. The molecular formula is C22H16N2O4. The summed E-state index contributed by atoms with van der Waals surface area (Å²) in [5.41, 5.74) is 2.95. The lowest BCUT2D eigenvalue weighted by Gasteiger charge is -2.11. The van der Waals surface area contributed by atoms with Crippen LogP contribution in [0.4, 0.5) is 0 Å². The molecule has 0 aliphatic carbocycles. The fourth-order valence-corrected chi connectivity index (χ4v) is 3.93. The standard InChI is InChI=1S/C22H16N2O4/c25-9-11-5-6-17-20(15(11)10-26)22(28)14-8-18-13(7-19(14)24-17)21(27)12-3-1-2-4-16(12)23-18/h1-8,25-26H,9-10H2,(H,23,27)(H,24,28). The predicted octanol–water partition coefficient (Wildman–Crippen LogP) is 2.66. The van der Waals surface area contributed by atoms with Gasteiger partial charge in [0.2, 0.25) is 0 Å². The zero-order valence-corrected chi connectivity index (χ0v) is 14.7. The molecule has 5 rings (SSSR count). The number of benzene rings is 3. The number of pyridine rings is 2. The van der Waals surface area contributed by atoms with E-state index in [4.69, 9.17) is 0 Å². The molecule has 0 aliphatic rings. The third-order valence-electron chi connectivity index (χ3n) is 5.32. The Kier molecular flexibility index (Phi) is 3.58. The molecule has 0 radical (unpaired) electrons. The number of hydrogen-bond acceptors (Lipinski definition) is 4. The summed E-state index contributed by atoms with van der Waals surface area (Å²) >= 11 is 0. The van der Waals surface area contributed by atoms with Crippen LogP contribution in [0.15, 0.2) is 58.1 Å². The zero-order valence-electron chi connectivity index (χ0n) is 14.7. The van der Waals surface area contributed by atoms with Crippen LogP contribution in [-0.2, 0) is 13.2 Å². The first-order valence-electron chi connectivity index (χ1n) is 8.89. The Morgan fingerprint density at radius 2 is 1.36 bits per heavy atom. The number of fused-ring (bicyclic) bond motifs is 4. The van der Waals surface area contributed by atoms with Crippen LogP contribution in [0.5, 0.6) is 0 Å². The van der Waals surface area contributed by atoms with Crippen molar-refractivity contribution in [2.45, 2.75) is 13.2 Å². The topological polar surface area (TPSA) is 106 Å². The van der Waals surface area contributed by atoms with E-state index in [1.807, 2.05) is 18.2 Å². The van der Waals surface area contributed by atoms with E-state index in [1.54, 1.807) is 30.3 Å². The van der Waals surface area contributed by atoms with Crippen LogP contribution in [0.25, 0.3) is 43.6 Å². The highest BCUT2D eigenvalue weighted by Crippen LogP contribution is 2.24. The molecule has 0 unspecified atom stereocenters. The van der Waals surface area contributed by atoms with Crippen molar-refractivity contribution in [1.29, 1.82) is 0 Å². The van der Waals surface area contributed by atoms with Crippen molar-refractivity contribution in [2.75, 3.05) is 0 Å². The molecule has 0 fully saturated rings. The average molecular weight is 372 g/mol. The van der Waals surface area contributed by atoms with Crippen molar-refractivity contribution in [2.24, 2.45) is 0 Å². The molecule has 3 aromatic carbocycles. The molecule has 138 valence electrons. The summed E-state index contributed by atoms with van der Waals surface area (Å²) in [4.78, 5) is 32.5. The lowest BCUT2D eigenvalue weighted by molar-refractivity contribution is 0.261. The van der Waals surface area contributed by atoms with E-state index in [0.29, 0.717) is 54.7 Å². The normalized spacial score (nSPS) is 11.8. The first kappa shape index (κ1) is 16.7. The maximum absolute atomic E-state index is 13.2. The van der Waals surface area contributed by atoms with Gasteiger partial charge in [-0.3, -0.25) is 9.59 Å². The minimum atomic E-state index is -0.350. The predicted molar refractivity (Wildman–Crippen MR) is 110 cm³/mol. The Hall–Kier alpha value is -3.48. The van der Waals surface area contributed by atoms with E-state index in [1.165, 1.54) is 0 Å². The van der Waals surface area contributed by atoms with Crippen LogP contribution in [0.3, 0.4) is 0 Å². The van der Waals surface area contributed by atoms with Crippen molar-refractivity contribution in [1.82, 2.24) is 9.97 Å². The Morgan fingerprint density at radius 3 is 2.07 bits per heavy atom. The Morgan fingerprint density at radius 1 is 0.679 bits per heavy atom. The van der Waals surface area contributed by atoms with Gasteiger partial charge >= 0.3 is 0 Å². The lowest BCUT2D eigenvalue weighted by Crippen LogP contribution is -2.11. The second kappa shape index (κ2) is 6.02. The molecule has 0 atom stereocenters. The third-order valence-corrected chi connectivity index (χ3v) is 5.32. The average Bonchev–Trinajstić information content (AvgIpc) is 2.72. The summed E-state index contributed by atoms with van der Waals surface area (Å²) in [6, 6.07) is 14.0. The summed E-state index contributed by atoms with van der Waals surface area (Å²) in [6.45, 7) is -0.614. The molecule has 0 aliphatic heterocycles. The minimum Gasteiger partial charge on any atom is -0.392 e. The fraction of sp³-hybridized carbons (Fsp3) is 0.0909. The Labute approximate surface area is 157 Å². The summed E-state index contributed by atoms with van der Waals surface area (Å²) in [5.74, 6) is 0. The number of nitrogens with one attached hydrogen (secondary N) is 2. The van der Waals surface area contributed by atoms with E-state index < -0.39 is 0 Å².